The Kier molecular flexibility index (Phi) is 4.39. The molecule has 0 amide bonds. The molecule has 0 fully saturated rings. The van der Waals surface area contributed by atoms with Gasteiger partial charge in [0.05, 0.1) is 0 Å². The van der Waals surface area contributed by atoms with Gasteiger partial charge in [-0.2, -0.15) is 0 Å². The number of ether oxygens (including phenoxy) is 1. The van der Waals surface area contributed by atoms with Crippen LogP contribution in [0.15, 0.2) is 53.0 Å². The highest BCUT2D eigenvalue weighted by Crippen LogP contribution is 2.26. The highest BCUT2D eigenvalue weighted by atomic mass is 79.9. The summed E-state index contributed by atoms with van der Waals surface area (Å²) in [6.07, 6.45) is 0.0259. The molecule has 0 aromatic heterocycles. The zero-order valence-corrected chi connectivity index (χ0v) is 11.9. The fourth-order valence-corrected chi connectivity index (χ4v) is 2.19. The standard InChI is InChI=1S/C15H16BrNO/c1-11(12-5-3-2-4-6-12)18-14-7-8-15(16)13(9-14)10-17/h2-9,11H,10,17H2,1H3. The molecule has 3 heteroatoms. The second-order valence-electron chi connectivity index (χ2n) is 4.13. The molecule has 94 valence electrons. The monoisotopic (exact) mass is 305 g/mol. The van der Waals surface area contributed by atoms with Crippen LogP contribution in [0.4, 0.5) is 0 Å². The first kappa shape index (κ1) is 13.1. The topological polar surface area (TPSA) is 35.2 Å². The number of benzene rings is 2. The van der Waals surface area contributed by atoms with Gasteiger partial charge in [-0.3, -0.25) is 0 Å². The van der Waals surface area contributed by atoms with E-state index in [2.05, 4.69) is 28.1 Å². The average Bonchev–Trinajstić information content (AvgIpc) is 2.42. The maximum absolute atomic E-state index is 5.92. The number of halogens is 1. The molecule has 1 atom stereocenters. The maximum atomic E-state index is 5.92. The molecule has 0 aliphatic rings. The fourth-order valence-electron chi connectivity index (χ4n) is 1.78. The van der Waals surface area contributed by atoms with Crippen molar-refractivity contribution in [2.24, 2.45) is 5.73 Å². The molecule has 0 heterocycles. The zero-order chi connectivity index (χ0) is 13.0. The summed E-state index contributed by atoms with van der Waals surface area (Å²) in [5.74, 6) is 0.843. The van der Waals surface area contributed by atoms with Crippen LogP contribution in [0.5, 0.6) is 5.75 Å². The van der Waals surface area contributed by atoms with Gasteiger partial charge in [-0.1, -0.05) is 46.3 Å². The Bertz CT molecular complexity index is 513. The first-order valence-corrected chi connectivity index (χ1v) is 6.70. The Hall–Kier alpha value is -1.32. The summed E-state index contributed by atoms with van der Waals surface area (Å²) in [6, 6.07) is 16.1. The predicted molar refractivity (Wildman–Crippen MR) is 77.5 cm³/mol. The third-order valence-electron chi connectivity index (χ3n) is 2.82. The van der Waals surface area contributed by atoms with Crippen LogP contribution in [0.1, 0.15) is 24.2 Å². The molecular formula is C15H16BrNO. The van der Waals surface area contributed by atoms with Gasteiger partial charge in [-0.15, -0.1) is 0 Å². The van der Waals surface area contributed by atoms with Crippen LogP contribution in [0.25, 0.3) is 0 Å². The molecule has 2 aromatic rings. The summed E-state index contributed by atoms with van der Waals surface area (Å²) < 4.78 is 6.94. The van der Waals surface area contributed by atoms with Crippen molar-refractivity contribution in [3.05, 3.63) is 64.1 Å². The molecule has 0 bridgehead atoms. The van der Waals surface area contributed by atoms with E-state index in [1.807, 2.05) is 43.3 Å². The van der Waals surface area contributed by atoms with Crippen molar-refractivity contribution >= 4 is 15.9 Å². The molecule has 18 heavy (non-hydrogen) atoms. The molecule has 2 rings (SSSR count). The van der Waals surface area contributed by atoms with Crippen LogP contribution in [-0.2, 0) is 6.54 Å². The van der Waals surface area contributed by atoms with Crippen molar-refractivity contribution in [3.8, 4) is 5.75 Å². The number of hydrogen-bond donors (Lipinski definition) is 1. The van der Waals surface area contributed by atoms with Gasteiger partial charge in [0.2, 0.25) is 0 Å². The van der Waals surface area contributed by atoms with Gasteiger partial charge in [-0.25, -0.2) is 0 Å². The highest BCUT2D eigenvalue weighted by molar-refractivity contribution is 9.10. The summed E-state index contributed by atoms with van der Waals surface area (Å²) in [6.45, 7) is 2.54. The van der Waals surface area contributed by atoms with Gasteiger partial charge in [0.1, 0.15) is 11.9 Å². The average molecular weight is 306 g/mol. The van der Waals surface area contributed by atoms with E-state index < -0.39 is 0 Å². The minimum atomic E-state index is 0.0259. The molecule has 0 spiro atoms. The third-order valence-corrected chi connectivity index (χ3v) is 3.59. The second-order valence-corrected chi connectivity index (χ2v) is 4.98. The Labute approximate surface area is 116 Å². The lowest BCUT2D eigenvalue weighted by Crippen LogP contribution is -2.04. The zero-order valence-electron chi connectivity index (χ0n) is 10.3. The molecule has 0 aliphatic heterocycles. The summed E-state index contributed by atoms with van der Waals surface area (Å²) in [5.41, 5.74) is 7.89. The van der Waals surface area contributed by atoms with E-state index in [4.69, 9.17) is 10.5 Å². The van der Waals surface area contributed by atoms with Crippen molar-refractivity contribution in [2.45, 2.75) is 19.6 Å². The molecular weight excluding hydrogens is 290 g/mol. The van der Waals surface area contributed by atoms with Crippen LogP contribution in [0.2, 0.25) is 0 Å². The molecule has 0 radical (unpaired) electrons. The maximum Gasteiger partial charge on any atom is 0.121 e. The van der Waals surface area contributed by atoms with Crippen molar-refractivity contribution < 1.29 is 4.74 Å². The minimum absolute atomic E-state index is 0.0259. The number of rotatable bonds is 4. The predicted octanol–water partition coefficient (Wildman–Crippen LogP) is 4.05. The fraction of sp³-hybridized carbons (Fsp3) is 0.200. The number of hydrogen-bond acceptors (Lipinski definition) is 2. The summed E-state index contributed by atoms with van der Waals surface area (Å²) in [4.78, 5) is 0. The van der Waals surface area contributed by atoms with E-state index in [1.165, 1.54) is 0 Å². The molecule has 0 aliphatic carbocycles. The van der Waals surface area contributed by atoms with Gasteiger partial charge in [0, 0.05) is 11.0 Å². The van der Waals surface area contributed by atoms with Crippen molar-refractivity contribution in [1.29, 1.82) is 0 Å². The van der Waals surface area contributed by atoms with Gasteiger partial charge >= 0.3 is 0 Å². The van der Waals surface area contributed by atoms with Crippen LogP contribution in [0, 0.1) is 0 Å². The molecule has 2 aromatic carbocycles. The van der Waals surface area contributed by atoms with Gasteiger partial charge in [0.15, 0.2) is 0 Å². The molecule has 0 saturated heterocycles. The Morgan fingerprint density at radius 2 is 1.89 bits per heavy atom. The van der Waals surface area contributed by atoms with Crippen molar-refractivity contribution in [3.63, 3.8) is 0 Å². The smallest absolute Gasteiger partial charge is 0.121 e. The van der Waals surface area contributed by atoms with Crippen LogP contribution >= 0.6 is 15.9 Å². The summed E-state index contributed by atoms with van der Waals surface area (Å²) in [7, 11) is 0. The lowest BCUT2D eigenvalue weighted by atomic mass is 10.1. The van der Waals surface area contributed by atoms with Crippen LogP contribution in [0.3, 0.4) is 0 Å². The first-order chi connectivity index (χ1) is 8.70. The largest absolute Gasteiger partial charge is 0.486 e. The number of nitrogens with two attached hydrogens (primary N) is 1. The molecule has 0 saturated carbocycles. The van der Waals surface area contributed by atoms with E-state index in [9.17, 15) is 0 Å². The summed E-state index contributed by atoms with van der Waals surface area (Å²) in [5, 5.41) is 0. The molecule has 2 N–H and O–H groups in total. The third kappa shape index (κ3) is 3.12. The molecule has 2 nitrogen and oxygen atoms in total. The van der Waals surface area contributed by atoms with Crippen LogP contribution < -0.4 is 10.5 Å². The van der Waals surface area contributed by atoms with E-state index in [0.717, 1.165) is 21.3 Å². The van der Waals surface area contributed by atoms with Gasteiger partial charge in [-0.05, 0) is 36.2 Å². The second kappa shape index (κ2) is 6.03. The van der Waals surface area contributed by atoms with E-state index in [-0.39, 0.29) is 6.10 Å². The van der Waals surface area contributed by atoms with Crippen molar-refractivity contribution in [1.82, 2.24) is 0 Å². The Morgan fingerprint density at radius 1 is 1.17 bits per heavy atom. The van der Waals surface area contributed by atoms with E-state index >= 15 is 0 Å². The Balaban J connectivity index is 2.14. The highest BCUT2D eigenvalue weighted by Gasteiger charge is 2.07. The van der Waals surface area contributed by atoms with E-state index in [0.29, 0.717) is 6.54 Å². The first-order valence-electron chi connectivity index (χ1n) is 5.91. The van der Waals surface area contributed by atoms with Gasteiger partial charge in [0.25, 0.3) is 0 Å². The summed E-state index contributed by atoms with van der Waals surface area (Å²) >= 11 is 3.47. The quantitative estimate of drug-likeness (QED) is 0.925. The minimum Gasteiger partial charge on any atom is -0.486 e. The van der Waals surface area contributed by atoms with Crippen LogP contribution in [-0.4, -0.2) is 0 Å². The normalized spacial score (nSPS) is 12.2. The van der Waals surface area contributed by atoms with Gasteiger partial charge < -0.3 is 10.5 Å². The SMILES string of the molecule is CC(Oc1ccc(Br)c(CN)c1)c1ccccc1. The molecule has 1 unspecified atom stereocenters. The van der Waals surface area contributed by atoms with Crippen molar-refractivity contribution in [2.75, 3.05) is 0 Å². The van der Waals surface area contributed by atoms with E-state index in [1.54, 1.807) is 0 Å². The lowest BCUT2D eigenvalue weighted by molar-refractivity contribution is 0.226. The lowest BCUT2D eigenvalue weighted by Gasteiger charge is -2.16. The Morgan fingerprint density at radius 3 is 2.56 bits per heavy atom.